The van der Waals surface area contributed by atoms with Crippen LogP contribution in [-0.2, 0) is 0 Å². The van der Waals surface area contributed by atoms with E-state index in [4.69, 9.17) is 0 Å². The van der Waals surface area contributed by atoms with E-state index in [1.165, 1.54) is 0 Å². The van der Waals surface area contributed by atoms with Crippen molar-refractivity contribution in [2.75, 3.05) is 19.3 Å². The van der Waals surface area contributed by atoms with Gasteiger partial charge in [-0.1, -0.05) is 19.6 Å². The van der Waals surface area contributed by atoms with Gasteiger partial charge in [0.2, 0.25) is 0 Å². The molecule has 1 aliphatic heterocycles. The lowest BCUT2D eigenvalue weighted by Gasteiger charge is -2.36. The summed E-state index contributed by atoms with van der Waals surface area (Å²) < 4.78 is 0. The first-order valence-electron chi connectivity index (χ1n) is 4.97. The third-order valence-corrected chi connectivity index (χ3v) is 3.72. The van der Waals surface area contributed by atoms with Gasteiger partial charge < -0.3 is 15.1 Å². The molecule has 2 N–H and O–H groups in total. The zero-order chi connectivity index (χ0) is 10.1. The second-order valence-corrected chi connectivity index (χ2v) is 10.7. The highest BCUT2D eigenvalue weighted by Gasteiger charge is 2.28. The maximum Gasteiger partial charge on any atom is 0.0925 e. The van der Waals surface area contributed by atoms with Crippen molar-refractivity contribution in [1.29, 1.82) is 0 Å². The number of likely N-dealkylation sites (tertiary alicyclic amines) is 1. The molecule has 1 heterocycles. The summed E-state index contributed by atoms with van der Waals surface area (Å²) >= 11 is 0. The molecule has 0 aromatic heterocycles. The van der Waals surface area contributed by atoms with Crippen molar-refractivity contribution in [2.45, 2.75) is 38.3 Å². The number of piperidine rings is 1. The summed E-state index contributed by atoms with van der Waals surface area (Å²) in [5.41, 5.74) is 0. The Bertz CT molecular complexity index is 169. The van der Waals surface area contributed by atoms with Gasteiger partial charge in [-0.15, -0.1) is 0 Å². The minimum absolute atomic E-state index is 0.502. The van der Waals surface area contributed by atoms with Crippen molar-refractivity contribution in [3.8, 4) is 0 Å². The summed E-state index contributed by atoms with van der Waals surface area (Å²) in [4.78, 5) is 2.28. The lowest BCUT2D eigenvalue weighted by atomic mass is 10.1. The van der Waals surface area contributed by atoms with Crippen molar-refractivity contribution in [3.63, 3.8) is 0 Å². The van der Waals surface area contributed by atoms with Crippen LogP contribution in [0, 0.1) is 0 Å². The van der Waals surface area contributed by atoms with E-state index in [0.717, 1.165) is 12.7 Å². The second kappa shape index (κ2) is 4.08. The van der Waals surface area contributed by atoms with Gasteiger partial charge in [0.15, 0.2) is 0 Å². The lowest BCUT2D eigenvalue weighted by Crippen LogP contribution is -2.51. The van der Waals surface area contributed by atoms with E-state index >= 15 is 0 Å². The number of β-amino-alcohol motifs (C(OH)–C–C–N with tert-alkyl or cyclic N) is 1. The Morgan fingerprint density at radius 1 is 1.23 bits per heavy atom. The fraction of sp³-hybridized carbons (Fsp3) is 1.00. The number of aliphatic hydroxyl groups is 2. The average molecular weight is 203 g/mol. The average Bonchev–Trinajstić information content (AvgIpc) is 1.94. The fourth-order valence-electron chi connectivity index (χ4n) is 1.80. The molecule has 1 aliphatic rings. The Labute approximate surface area is 81.4 Å². The van der Waals surface area contributed by atoms with E-state index in [1.807, 2.05) is 0 Å². The minimum Gasteiger partial charge on any atom is -0.390 e. The predicted octanol–water partition coefficient (Wildman–Crippen LogP) is 0.291. The maximum atomic E-state index is 9.47. The van der Waals surface area contributed by atoms with Gasteiger partial charge >= 0.3 is 0 Å². The molecule has 0 aromatic carbocycles. The van der Waals surface area contributed by atoms with E-state index in [9.17, 15) is 10.2 Å². The molecule has 1 saturated heterocycles. The topological polar surface area (TPSA) is 43.7 Å². The van der Waals surface area contributed by atoms with Gasteiger partial charge in [-0.2, -0.15) is 0 Å². The van der Waals surface area contributed by atoms with E-state index in [1.54, 1.807) is 0 Å². The molecule has 2 atom stereocenters. The third-order valence-electron chi connectivity index (χ3n) is 2.33. The molecule has 0 unspecified atom stereocenters. The largest absolute Gasteiger partial charge is 0.390 e. The van der Waals surface area contributed by atoms with Gasteiger partial charge in [0, 0.05) is 13.1 Å². The van der Waals surface area contributed by atoms with Gasteiger partial charge in [0.25, 0.3) is 0 Å². The SMILES string of the molecule is C[Si](C)(C)CN1CC[C@@H](O)[C@@H](O)C1. The second-order valence-electron chi connectivity index (χ2n) is 5.22. The molecule has 78 valence electrons. The Morgan fingerprint density at radius 3 is 2.31 bits per heavy atom. The Hall–Kier alpha value is 0.0969. The quantitative estimate of drug-likeness (QED) is 0.634. The minimum atomic E-state index is -1.06. The first-order chi connectivity index (χ1) is 5.88. The highest BCUT2D eigenvalue weighted by atomic mass is 28.3. The highest BCUT2D eigenvalue weighted by Crippen LogP contribution is 2.13. The smallest absolute Gasteiger partial charge is 0.0925 e. The van der Waals surface area contributed by atoms with Crippen LogP contribution < -0.4 is 0 Å². The summed E-state index contributed by atoms with van der Waals surface area (Å²) in [5.74, 6) is 0. The van der Waals surface area contributed by atoms with Crippen LogP contribution in [0.2, 0.25) is 19.6 Å². The molecule has 0 spiro atoms. The Kier molecular flexibility index (Phi) is 3.51. The molecular formula is C9H21NO2Si. The number of hydrogen-bond acceptors (Lipinski definition) is 3. The van der Waals surface area contributed by atoms with Crippen LogP contribution in [0.25, 0.3) is 0 Å². The summed E-state index contributed by atoms with van der Waals surface area (Å²) in [6.45, 7) is 8.55. The molecule has 3 nitrogen and oxygen atoms in total. The summed E-state index contributed by atoms with van der Waals surface area (Å²) in [6, 6.07) is 0. The zero-order valence-corrected chi connectivity index (χ0v) is 9.82. The van der Waals surface area contributed by atoms with E-state index in [2.05, 4.69) is 24.5 Å². The molecule has 4 heteroatoms. The summed E-state index contributed by atoms with van der Waals surface area (Å²) in [7, 11) is -1.06. The zero-order valence-electron chi connectivity index (χ0n) is 8.82. The molecule has 0 amide bonds. The number of nitrogens with zero attached hydrogens (tertiary/aromatic N) is 1. The standard InChI is InChI=1S/C9H21NO2Si/c1-13(2,3)7-10-5-4-8(11)9(12)6-10/h8-9,11-12H,4-7H2,1-3H3/t8-,9+/m1/s1. The number of aliphatic hydroxyl groups excluding tert-OH is 2. The molecule has 0 aliphatic carbocycles. The Morgan fingerprint density at radius 2 is 1.85 bits per heavy atom. The van der Waals surface area contributed by atoms with E-state index in [0.29, 0.717) is 13.0 Å². The van der Waals surface area contributed by atoms with Crippen molar-refractivity contribution in [1.82, 2.24) is 4.90 Å². The monoisotopic (exact) mass is 203 g/mol. The summed E-state index contributed by atoms with van der Waals surface area (Å²) in [6.07, 6.45) is 0.797. The van der Waals surface area contributed by atoms with Crippen LogP contribution in [0.3, 0.4) is 0 Å². The van der Waals surface area contributed by atoms with Crippen LogP contribution in [-0.4, -0.2) is 54.7 Å². The molecular weight excluding hydrogens is 182 g/mol. The van der Waals surface area contributed by atoms with Gasteiger partial charge in [-0.05, 0) is 12.6 Å². The van der Waals surface area contributed by atoms with Crippen molar-refractivity contribution < 1.29 is 10.2 Å². The molecule has 1 rings (SSSR count). The maximum absolute atomic E-state index is 9.47. The Balaban J connectivity index is 2.38. The van der Waals surface area contributed by atoms with E-state index < -0.39 is 20.3 Å². The van der Waals surface area contributed by atoms with E-state index in [-0.39, 0.29) is 0 Å². The van der Waals surface area contributed by atoms with Crippen LogP contribution in [0.4, 0.5) is 0 Å². The molecule has 0 saturated carbocycles. The van der Waals surface area contributed by atoms with Gasteiger partial charge in [-0.3, -0.25) is 0 Å². The van der Waals surface area contributed by atoms with Crippen molar-refractivity contribution in [3.05, 3.63) is 0 Å². The van der Waals surface area contributed by atoms with Crippen LogP contribution >= 0.6 is 0 Å². The normalized spacial score (nSPS) is 32.1. The third kappa shape index (κ3) is 3.77. The van der Waals surface area contributed by atoms with Crippen LogP contribution in [0.15, 0.2) is 0 Å². The van der Waals surface area contributed by atoms with Crippen LogP contribution in [0.1, 0.15) is 6.42 Å². The first kappa shape index (κ1) is 11.2. The predicted molar refractivity (Wildman–Crippen MR) is 56.4 cm³/mol. The van der Waals surface area contributed by atoms with Gasteiger partial charge in [0.1, 0.15) is 0 Å². The van der Waals surface area contributed by atoms with Gasteiger partial charge in [-0.25, -0.2) is 0 Å². The van der Waals surface area contributed by atoms with Crippen molar-refractivity contribution >= 4 is 8.07 Å². The molecule has 0 radical (unpaired) electrons. The molecule has 0 bridgehead atoms. The fourth-order valence-corrected chi connectivity index (χ4v) is 3.43. The number of rotatable bonds is 2. The molecule has 0 aromatic rings. The number of hydrogen-bond donors (Lipinski definition) is 2. The van der Waals surface area contributed by atoms with Crippen molar-refractivity contribution in [2.24, 2.45) is 0 Å². The highest BCUT2D eigenvalue weighted by molar-refractivity contribution is 6.76. The summed E-state index contributed by atoms with van der Waals surface area (Å²) in [5, 5.41) is 18.8. The first-order valence-corrected chi connectivity index (χ1v) is 8.68. The van der Waals surface area contributed by atoms with Crippen LogP contribution in [0.5, 0.6) is 0 Å². The lowest BCUT2D eigenvalue weighted by molar-refractivity contribution is -0.0343. The molecule has 1 fully saturated rings. The molecule has 13 heavy (non-hydrogen) atoms. The van der Waals surface area contributed by atoms with Gasteiger partial charge in [0.05, 0.1) is 20.3 Å².